The van der Waals surface area contributed by atoms with E-state index in [1.54, 1.807) is 15.6 Å². The maximum Gasteiger partial charge on any atom is 0.255 e. The molecule has 1 N–H and O–H groups in total. The van der Waals surface area contributed by atoms with Gasteiger partial charge in [0.25, 0.3) is 5.91 Å². The molecule has 2 aliphatic heterocycles. The number of hydrogen-bond donors (Lipinski definition) is 1. The minimum Gasteiger partial charge on any atom is -0.322 e. The van der Waals surface area contributed by atoms with Crippen LogP contribution in [0.1, 0.15) is 39.9 Å². The number of hydrogen-bond acceptors (Lipinski definition) is 5. The molecule has 1 atom stereocenters. The molecular weight excluding hydrogens is 394 g/mol. The van der Waals surface area contributed by atoms with E-state index in [2.05, 4.69) is 34.7 Å². The van der Waals surface area contributed by atoms with E-state index in [-0.39, 0.29) is 18.2 Å². The molecule has 0 bridgehead atoms. The van der Waals surface area contributed by atoms with Gasteiger partial charge in [-0.1, -0.05) is 47.2 Å². The van der Waals surface area contributed by atoms with Crippen LogP contribution in [0.3, 0.4) is 0 Å². The lowest BCUT2D eigenvalue weighted by Crippen LogP contribution is -2.52. The van der Waals surface area contributed by atoms with Crippen molar-refractivity contribution in [1.82, 2.24) is 25.2 Å². The van der Waals surface area contributed by atoms with E-state index in [0.29, 0.717) is 30.8 Å². The molecule has 156 valence electrons. The standard InChI is InChI=1S/C23H21N5O3/c1-14-4-2-5-15(10-14)11-27-13-19(25-26-27)16-6-3-7-17-18(16)12-28(23(17)31)20-8-9-21(29)24-22(20)30/h2-7,10,13,20H,8-9,11-12H2,1H3,(H,24,29,30). The van der Waals surface area contributed by atoms with Crippen molar-refractivity contribution in [3.63, 3.8) is 0 Å². The highest BCUT2D eigenvalue weighted by atomic mass is 16.2. The summed E-state index contributed by atoms with van der Waals surface area (Å²) in [5.41, 5.74) is 5.23. The number of amides is 3. The van der Waals surface area contributed by atoms with Gasteiger partial charge >= 0.3 is 0 Å². The van der Waals surface area contributed by atoms with E-state index in [0.717, 1.165) is 16.7 Å². The molecule has 0 saturated carbocycles. The van der Waals surface area contributed by atoms with Gasteiger partial charge in [-0.05, 0) is 30.5 Å². The molecule has 1 saturated heterocycles. The minimum absolute atomic E-state index is 0.196. The second-order valence-electron chi connectivity index (χ2n) is 8.02. The van der Waals surface area contributed by atoms with Crippen LogP contribution in [0.15, 0.2) is 48.7 Å². The highest BCUT2D eigenvalue weighted by molar-refractivity contribution is 6.06. The first-order valence-electron chi connectivity index (χ1n) is 10.2. The first-order valence-corrected chi connectivity index (χ1v) is 10.2. The summed E-state index contributed by atoms with van der Waals surface area (Å²) in [6.45, 7) is 2.96. The van der Waals surface area contributed by atoms with Crippen LogP contribution in [0.4, 0.5) is 0 Å². The Morgan fingerprint density at radius 3 is 2.71 bits per heavy atom. The van der Waals surface area contributed by atoms with Crippen LogP contribution in [0.25, 0.3) is 11.3 Å². The lowest BCUT2D eigenvalue weighted by atomic mass is 10.0. The van der Waals surface area contributed by atoms with Gasteiger partial charge in [0, 0.05) is 24.1 Å². The van der Waals surface area contributed by atoms with Crippen LogP contribution >= 0.6 is 0 Å². The van der Waals surface area contributed by atoms with Gasteiger partial charge in [-0.15, -0.1) is 5.10 Å². The van der Waals surface area contributed by atoms with Crippen LogP contribution < -0.4 is 5.32 Å². The Labute approximate surface area is 178 Å². The van der Waals surface area contributed by atoms with Crippen molar-refractivity contribution >= 4 is 17.7 Å². The summed E-state index contributed by atoms with van der Waals surface area (Å²) >= 11 is 0. The molecule has 1 aromatic heterocycles. The maximum absolute atomic E-state index is 13.0. The van der Waals surface area contributed by atoms with Crippen LogP contribution in [0.5, 0.6) is 0 Å². The fraction of sp³-hybridized carbons (Fsp3) is 0.261. The number of carbonyl (C=O) groups excluding carboxylic acids is 3. The quantitative estimate of drug-likeness (QED) is 0.658. The number of fused-ring (bicyclic) bond motifs is 1. The first kappa shape index (κ1) is 19.2. The number of rotatable bonds is 4. The number of imide groups is 1. The van der Waals surface area contributed by atoms with Gasteiger partial charge in [0.2, 0.25) is 11.8 Å². The zero-order valence-corrected chi connectivity index (χ0v) is 17.0. The van der Waals surface area contributed by atoms with Gasteiger partial charge in [0.1, 0.15) is 11.7 Å². The number of carbonyl (C=O) groups is 3. The smallest absolute Gasteiger partial charge is 0.255 e. The molecule has 1 fully saturated rings. The van der Waals surface area contributed by atoms with Crippen LogP contribution in [-0.4, -0.2) is 43.7 Å². The zero-order valence-electron chi connectivity index (χ0n) is 17.0. The Kier molecular flexibility index (Phi) is 4.62. The monoisotopic (exact) mass is 415 g/mol. The predicted molar refractivity (Wildman–Crippen MR) is 112 cm³/mol. The molecular formula is C23H21N5O3. The van der Waals surface area contributed by atoms with E-state index in [1.807, 2.05) is 30.5 Å². The number of benzene rings is 2. The summed E-state index contributed by atoms with van der Waals surface area (Å²) in [5.74, 6) is -0.905. The average molecular weight is 415 g/mol. The van der Waals surface area contributed by atoms with E-state index in [1.165, 1.54) is 5.56 Å². The topological polar surface area (TPSA) is 97.2 Å². The first-order chi connectivity index (χ1) is 15.0. The molecule has 0 spiro atoms. The average Bonchev–Trinajstić information content (AvgIpc) is 3.33. The van der Waals surface area contributed by atoms with E-state index in [9.17, 15) is 14.4 Å². The van der Waals surface area contributed by atoms with Crippen LogP contribution in [0.2, 0.25) is 0 Å². The second kappa shape index (κ2) is 7.46. The van der Waals surface area contributed by atoms with E-state index < -0.39 is 11.9 Å². The molecule has 0 radical (unpaired) electrons. The van der Waals surface area contributed by atoms with Crippen molar-refractivity contribution in [1.29, 1.82) is 0 Å². The maximum atomic E-state index is 13.0. The zero-order chi connectivity index (χ0) is 21.5. The summed E-state index contributed by atoms with van der Waals surface area (Å²) < 4.78 is 1.78. The van der Waals surface area contributed by atoms with Gasteiger partial charge in [-0.2, -0.15) is 0 Å². The lowest BCUT2D eigenvalue weighted by molar-refractivity contribution is -0.136. The number of piperidine rings is 1. The van der Waals surface area contributed by atoms with Crippen LogP contribution in [0, 0.1) is 6.92 Å². The van der Waals surface area contributed by atoms with E-state index >= 15 is 0 Å². The molecule has 8 heteroatoms. The number of aromatic nitrogens is 3. The number of nitrogens with one attached hydrogen (secondary N) is 1. The Hall–Kier alpha value is -3.81. The minimum atomic E-state index is -0.637. The highest BCUT2D eigenvalue weighted by Crippen LogP contribution is 2.34. The third-order valence-corrected chi connectivity index (χ3v) is 5.82. The molecule has 2 aromatic carbocycles. The number of nitrogens with zero attached hydrogens (tertiary/aromatic N) is 4. The second-order valence-corrected chi connectivity index (χ2v) is 8.02. The molecule has 2 aliphatic rings. The highest BCUT2D eigenvalue weighted by Gasteiger charge is 2.40. The summed E-state index contributed by atoms with van der Waals surface area (Å²) in [6, 6.07) is 13.1. The molecule has 3 heterocycles. The van der Waals surface area contributed by atoms with Gasteiger partial charge in [0.05, 0.1) is 12.7 Å². The van der Waals surface area contributed by atoms with Gasteiger partial charge in [-0.25, -0.2) is 4.68 Å². The fourth-order valence-corrected chi connectivity index (χ4v) is 4.32. The molecule has 3 aromatic rings. The van der Waals surface area contributed by atoms with Gasteiger partial charge in [0.15, 0.2) is 0 Å². The van der Waals surface area contributed by atoms with Crippen LogP contribution in [-0.2, 0) is 22.7 Å². The molecule has 1 unspecified atom stereocenters. The third-order valence-electron chi connectivity index (χ3n) is 5.82. The van der Waals surface area contributed by atoms with Crippen molar-refractivity contribution in [3.05, 3.63) is 70.9 Å². The Bertz CT molecular complexity index is 1220. The lowest BCUT2D eigenvalue weighted by Gasteiger charge is -2.29. The van der Waals surface area contributed by atoms with Crippen molar-refractivity contribution in [3.8, 4) is 11.3 Å². The van der Waals surface area contributed by atoms with Gasteiger partial charge in [-0.3, -0.25) is 19.7 Å². The summed E-state index contributed by atoms with van der Waals surface area (Å²) in [4.78, 5) is 38.3. The SMILES string of the molecule is Cc1cccc(Cn2cc(-c3cccc4c3CN(C3CCC(=O)NC3=O)C4=O)nn2)c1. The largest absolute Gasteiger partial charge is 0.322 e. The van der Waals surface area contributed by atoms with Crippen molar-refractivity contribution < 1.29 is 14.4 Å². The summed E-state index contributed by atoms with van der Waals surface area (Å²) in [6.07, 6.45) is 2.44. The Morgan fingerprint density at radius 1 is 1.10 bits per heavy atom. The third kappa shape index (κ3) is 3.50. The van der Waals surface area contributed by atoms with Crippen molar-refractivity contribution in [2.75, 3.05) is 0 Å². The summed E-state index contributed by atoms with van der Waals surface area (Å²) in [5, 5.41) is 10.9. The van der Waals surface area contributed by atoms with E-state index in [4.69, 9.17) is 0 Å². The van der Waals surface area contributed by atoms with Gasteiger partial charge < -0.3 is 4.90 Å². The Balaban J connectivity index is 1.42. The molecule has 0 aliphatic carbocycles. The molecule has 31 heavy (non-hydrogen) atoms. The molecule has 8 nitrogen and oxygen atoms in total. The van der Waals surface area contributed by atoms with Crippen molar-refractivity contribution in [2.24, 2.45) is 0 Å². The molecule has 5 rings (SSSR count). The normalized spacial score (nSPS) is 18.3. The molecule has 3 amide bonds. The predicted octanol–water partition coefficient (Wildman–Crippen LogP) is 2.06. The van der Waals surface area contributed by atoms with Crippen molar-refractivity contribution in [2.45, 2.75) is 38.9 Å². The summed E-state index contributed by atoms with van der Waals surface area (Å²) in [7, 11) is 0. The number of aryl methyl sites for hydroxylation is 1. The fourth-order valence-electron chi connectivity index (χ4n) is 4.32. The Morgan fingerprint density at radius 2 is 1.90 bits per heavy atom.